The molecular formula is C20H16ClN3O4S. The third-order valence-electron chi connectivity index (χ3n) is 4.42. The van der Waals surface area contributed by atoms with Gasteiger partial charge in [-0.05, 0) is 24.3 Å². The van der Waals surface area contributed by atoms with Crippen LogP contribution in [0.3, 0.4) is 0 Å². The van der Waals surface area contributed by atoms with Crippen molar-refractivity contribution in [2.24, 2.45) is 0 Å². The Hall–Kier alpha value is -3.10. The van der Waals surface area contributed by atoms with Crippen LogP contribution in [0.5, 0.6) is 11.5 Å². The molecule has 0 saturated heterocycles. The van der Waals surface area contributed by atoms with Crippen LogP contribution < -0.4 is 20.3 Å². The van der Waals surface area contributed by atoms with Gasteiger partial charge in [0.25, 0.3) is 5.56 Å². The van der Waals surface area contributed by atoms with Gasteiger partial charge in [-0.1, -0.05) is 17.7 Å². The molecular weight excluding hydrogens is 414 g/mol. The largest absolute Gasteiger partial charge is 0.497 e. The van der Waals surface area contributed by atoms with Crippen molar-refractivity contribution in [3.05, 3.63) is 58.1 Å². The Labute approximate surface area is 174 Å². The minimum atomic E-state index is -0.379. The van der Waals surface area contributed by atoms with Crippen molar-refractivity contribution in [2.45, 2.75) is 6.54 Å². The number of halogens is 1. The van der Waals surface area contributed by atoms with Crippen LogP contribution in [0.2, 0.25) is 5.02 Å². The van der Waals surface area contributed by atoms with Crippen LogP contribution in [0.15, 0.2) is 47.5 Å². The van der Waals surface area contributed by atoms with E-state index in [1.165, 1.54) is 29.3 Å². The fraction of sp³-hybridized carbons (Fsp3) is 0.150. The number of amides is 1. The molecule has 0 atom stereocenters. The molecule has 1 amide bonds. The smallest absolute Gasteiger partial charge is 0.271 e. The van der Waals surface area contributed by atoms with E-state index in [0.717, 1.165) is 10.1 Å². The zero-order valence-electron chi connectivity index (χ0n) is 15.6. The van der Waals surface area contributed by atoms with Crippen molar-refractivity contribution < 1.29 is 14.3 Å². The third-order valence-corrected chi connectivity index (χ3v) is 5.86. The van der Waals surface area contributed by atoms with Crippen LogP contribution in [0.25, 0.3) is 20.3 Å². The van der Waals surface area contributed by atoms with Gasteiger partial charge in [-0.3, -0.25) is 14.2 Å². The van der Waals surface area contributed by atoms with Crippen LogP contribution in [0, 0.1) is 0 Å². The summed E-state index contributed by atoms with van der Waals surface area (Å²) in [7, 11) is 3.04. The lowest BCUT2D eigenvalue weighted by molar-refractivity contribution is -0.116. The highest BCUT2D eigenvalue weighted by molar-refractivity contribution is 7.25. The van der Waals surface area contributed by atoms with E-state index in [0.29, 0.717) is 32.4 Å². The molecule has 2 aromatic carbocycles. The number of methoxy groups -OCH3 is 2. The van der Waals surface area contributed by atoms with Gasteiger partial charge in [0.15, 0.2) is 0 Å². The molecule has 0 fully saturated rings. The van der Waals surface area contributed by atoms with Gasteiger partial charge in [-0.2, -0.15) is 0 Å². The predicted octanol–water partition coefficient (Wildman–Crippen LogP) is 3.92. The summed E-state index contributed by atoms with van der Waals surface area (Å²) in [5.74, 6) is 0.683. The maximum absolute atomic E-state index is 12.9. The number of nitrogens with zero attached hydrogens (tertiary/aromatic N) is 2. The number of aromatic nitrogens is 2. The average molecular weight is 430 g/mol. The lowest BCUT2D eigenvalue weighted by Gasteiger charge is -2.12. The number of carbonyl (C=O) groups excluding carboxylic acids is 1. The molecule has 0 spiro atoms. The summed E-state index contributed by atoms with van der Waals surface area (Å²) in [6.07, 6.45) is 1.37. The third kappa shape index (κ3) is 3.52. The molecule has 0 bridgehead atoms. The van der Waals surface area contributed by atoms with E-state index in [1.54, 1.807) is 31.4 Å². The van der Waals surface area contributed by atoms with Crippen LogP contribution in [0.4, 0.5) is 5.69 Å². The zero-order chi connectivity index (χ0) is 20.5. The second kappa shape index (κ2) is 7.73. The van der Waals surface area contributed by atoms with E-state index in [2.05, 4.69) is 10.3 Å². The first-order chi connectivity index (χ1) is 14.0. The summed E-state index contributed by atoms with van der Waals surface area (Å²) >= 11 is 7.58. The monoisotopic (exact) mass is 429 g/mol. The lowest BCUT2D eigenvalue weighted by Crippen LogP contribution is -2.27. The molecule has 1 N–H and O–H groups in total. The average Bonchev–Trinajstić information content (AvgIpc) is 3.11. The first kappa shape index (κ1) is 19.2. The number of hydrogen-bond donors (Lipinski definition) is 1. The summed E-state index contributed by atoms with van der Waals surface area (Å²) in [4.78, 5) is 29.8. The van der Waals surface area contributed by atoms with Gasteiger partial charge in [0.1, 0.15) is 22.7 Å². The van der Waals surface area contributed by atoms with E-state index in [4.69, 9.17) is 21.1 Å². The van der Waals surface area contributed by atoms with Gasteiger partial charge >= 0.3 is 0 Å². The molecule has 2 heterocycles. The highest BCUT2D eigenvalue weighted by Crippen LogP contribution is 2.35. The molecule has 0 saturated carbocycles. The molecule has 9 heteroatoms. The van der Waals surface area contributed by atoms with Crippen molar-refractivity contribution in [2.75, 3.05) is 19.5 Å². The molecule has 0 unspecified atom stereocenters. The molecule has 7 nitrogen and oxygen atoms in total. The number of carbonyl (C=O) groups is 1. The van der Waals surface area contributed by atoms with E-state index in [9.17, 15) is 9.59 Å². The van der Waals surface area contributed by atoms with E-state index in [-0.39, 0.29) is 18.0 Å². The van der Waals surface area contributed by atoms with Crippen LogP contribution >= 0.6 is 22.9 Å². The summed E-state index contributed by atoms with van der Waals surface area (Å²) in [6, 6.07) is 10.5. The molecule has 4 aromatic rings. The normalized spacial score (nSPS) is 11.0. The number of anilines is 1. The molecule has 148 valence electrons. The van der Waals surface area contributed by atoms with Crippen LogP contribution in [0.1, 0.15) is 0 Å². The van der Waals surface area contributed by atoms with Gasteiger partial charge in [-0.25, -0.2) is 4.98 Å². The Kier molecular flexibility index (Phi) is 5.12. The molecule has 0 radical (unpaired) electrons. The Morgan fingerprint density at radius 3 is 2.83 bits per heavy atom. The highest BCUT2D eigenvalue weighted by atomic mass is 35.5. The first-order valence-electron chi connectivity index (χ1n) is 8.60. The van der Waals surface area contributed by atoms with Crippen LogP contribution in [-0.4, -0.2) is 29.7 Å². The molecule has 4 rings (SSSR count). The molecule has 0 aliphatic heterocycles. The molecule has 0 aliphatic carbocycles. The topological polar surface area (TPSA) is 82.5 Å². The van der Waals surface area contributed by atoms with Crippen molar-refractivity contribution in [3.63, 3.8) is 0 Å². The maximum atomic E-state index is 12.9. The first-order valence-corrected chi connectivity index (χ1v) is 9.79. The summed E-state index contributed by atoms with van der Waals surface area (Å²) < 4.78 is 13.0. The number of rotatable bonds is 5. The maximum Gasteiger partial charge on any atom is 0.271 e. The SMILES string of the molecule is COc1ccc(NC(=O)Cn2cnc3c(sc4cccc(Cl)c43)c2=O)c(OC)c1. The number of nitrogens with one attached hydrogen (secondary N) is 1. The second-order valence-electron chi connectivity index (χ2n) is 6.18. The molecule has 0 aliphatic rings. The molecule has 2 aromatic heterocycles. The zero-order valence-corrected chi connectivity index (χ0v) is 17.1. The fourth-order valence-corrected chi connectivity index (χ4v) is 4.48. The second-order valence-corrected chi connectivity index (χ2v) is 7.64. The number of ether oxygens (including phenoxy) is 2. The van der Waals surface area contributed by atoms with E-state index < -0.39 is 0 Å². The van der Waals surface area contributed by atoms with Crippen molar-refractivity contribution in [3.8, 4) is 11.5 Å². The minimum Gasteiger partial charge on any atom is -0.497 e. The summed E-state index contributed by atoms with van der Waals surface area (Å²) in [6.45, 7) is -0.182. The van der Waals surface area contributed by atoms with E-state index >= 15 is 0 Å². The highest BCUT2D eigenvalue weighted by Gasteiger charge is 2.16. The number of thiophene rings is 1. The fourth-order valence-electron chi connectivity index (χ4n) is 3.03. The summed E-state index contributed by atoms with van der Waals surface area (Å²) in [5, 5.41) is 4.05. The van der Waals surface area contributed by atoms with Gasteiger partial charge < -0.3 is 14.8 Å². The predicted molar refractivity (Wildman–Crippen MR) is 115 cm³/mol. The van der Waals surface area contributed by atoms with Gasteiger partial charge in [0, 0.05) is 16.2 Å². The van der Waals surface area contributed by atoms with Crippen molar-refractivity contribution in [1.29, 1.82) is 0 Å². The Morgan fingerprint density at radius 2 is 2.07 bits per heavy atom. The Bertz CT molecular complexity index is 1300. The van der Waals surface area contributed by atoms with Gasteiger partial charge in [0.05, 0.1) is 36.8 Å². The Balaban J connectivity index is 1.64. The number of hydrogen-bond acceptors (Lipinski definition) is 6. The van der Waals surface area contributed by atoms with E-state index in [1.807, 2.05) is 12.1 Å². The van der Waals surface area contributed by atoms with Crippen molar-refractivity contribution in [1.82, 2.24) is 9.55 Å². The standard InChI is InChI=1S/C20H16ClN3O4S/c1-27-11-6-7-13(14(8-11)28-2)23-16(25)9-24-10-22-18-17-12(21)4-3-5-15(17)29-19(18)20(24)26/h3-8,10H,9H2,1-2H3,(H,23,25). The lowest BCUT2D eigenvalue weighted by atomic mass is 10.2. The number of benzene rings is 2. The van der Waals surface area contributed by atoms with Crippen molar-refractivity contribution >= 4 is 54.8 Å². The number of fused-ring (bicyclic) bond motifs is 3. The quantitative estimate of drug-likeness (QED) is 0.520. The molecule has 29 heavy (non-hydrogen) atoms. The Morgan fingerprint density at radius 1 is 1.24 bits per heavy atom. The van der Waals surface area contributed by atoms with Gasteiger partial charge in [-0.15, -0.1) is 11.3 Å². The minimum absolute atomic E-state index is 0.182. The summed E-state index contributed by atoms with van der Waals surface area (Å²) in [5.41, 5.74) is 0.743. The van der Waals surface area contributed by atoms with Gasteiger partial charge in [0.2, 0.25) is 5.91 Å². The van der Waals surface area contributed by atoms with Crippen LogP contribution in [-0.2, 0) is 11.3 Å².